The molecule has 0 bridgehead atoms. The van der Waals surface area contributed by atoms with E-state index in [0.29, 0.717) is 5.75 Å². The molecule has 2 N–H and O–H groups in total. The first-order chi connectivity index (χ1) is 12.8. The monoisotopic (exact) mass is 415 g/mol. The highest BCUT2D eigenvalue weighted by atomic mass is 35.5. The topological polar surface area (TPSA) is 111 Å². The van der Waals surface area contributed by atoms with E-state index in [-0.39, 0.29) is 40.1 Å². The molecule has 0 aliphatic heterocycles. The summed E-state index contributed by atoms with van der Waals surface area (Å²) in [6, 6.07) is 8.40. The van der Waals surface area contributed by atoms with E-state index in [4.69, 9.17) is 30.9 Å². The number of benzene rings is 2. The van der Waals surface area contributed by atoms with Gasteiger partial charge in [-0.3, -0.25) is 0 Å². The SMILES string of the molecule is COc1cc(S(=O)(=O)NCCOc2ccc(C(=O)O)cc2)c(OC)cc1Cl. The molecule has 27 heavy (non-hydrogen) atoms. The van der Waals surface area contributed by atoms with Crippen LogP contribution in [0.3, 0.4) is 0 Å². The molecule has 0 unspecified atom stereocenters. The van der Waals surface area contributed by atoms with Crippen molar-refractivity contribution in [3.05, 3.63) is 47.0 Å². The molecular formula is C17H18ClNO7S. The summed E-state index contributed by atoms with van der Waals surface area (Å²) in [6.45, 7) is 0.0236. The van der Waals surface area contributed by atoms with E-state index in [1.807, 2.05) is 0 Å². The smallest absolute Gasteiger partial charge is 0.335 e. The maximum Gasteiger partial charge on any atom is 0.335 e. The molecule has 0 aliphatic carbocycles. The number of aromatic carboxylic acids is 1. The molecule has 0 aliphatic rings. The largest absolute Gasteiger partial charge is 0.495 e. The number of halogens is 1. The third-order valence-corrected chi connectivity index (χ3v) is 5.27. The molecule has 0 saturated carbocycles. The molecule has 0 aromatic heterocycles. The van der Waals surface area contributed by atoms with E-state index < -0.39 is 16.0 Å². The second-order valence-corrected chi connectivity index (χ2v) is 7.36. The molecule has 0 radical (unpaired) electrons. The lowest BCUT2D eigenvalue weighted by molar-refractivity contribution is 0.0697. The highest BCUT2D eigenvalue weighted by Gasteiger charge is 2.22. The van der Waals surface area contributed by atoms with Gasteiger partial charge in [0.25, 0.3) is 0 Å². The summed E-state index contributed by atoms with van der Waals surface area (Å²) in [7, 11) is -1.19. The second-order valence-electron chi connectivity index (χ2n) is 5.21. The molecule has 2 rings (SSSR count). The molecule has 10 heteroatoms. The molecule has 2 aromatic carbocycles. The van der Waals surface area contributed by atoms with Crippen LogP contribution in [0.2, 0.25) is 5.02 Å². The van der Waals surface area contributed by atoms with Crippen molar-refractivity contribution in [2.75, 3.05) is 27.4 Å². The van der Waals surface area contributed by atoms with Gasteiger partial charge in [0.05, 0.1) is 24.8 Å². The van der Waals surface area contributed by atoms with Gasteiger partial charge in [-0.15, -0.1) is 0 Å². The summed E-state index contributed by atoms with van der Waals surface area (Å²) in [5.41, 5.74) is 0.131. The summed E-state index contributed by atoms with van der Waals surface area (Å²) in [5.74, 6) is -0.335. The molecule has 8 nitrogen and oxygen atoms in total. The number of carboxylic acids is 1. The summed E-state index contributed by atoms with van der Waals surface area (Å²) in [5, 5.41) is 9.06. The van der Waals surface area contributed by atoms with Gasteiger partial charge in [0.15, 0.2) is 0 Å². The van der Waals surface area contributed by atoms with Crippen molar-refractivity contribution >= 4 is 27.6 Å². The van der Waals surface area contributed by atoms with Gasteiger partial charge in [-0.25, -0.2) is 17.9 Å². The van der Waals surface area contributed by atoms with E-state index in [0.717, 1.165) is 0 Å². The van der Waals surface area contributed by atoms with E-state index >= 15 is 0 Å². The van der Waals surface area contributed by atoms with Crippen LogP contribution in [-0.4, -0.2) is 46.9 Å². The highest BCUT2D eigenvalue weighted by Crippen LogP contribution is 2.34. The van der Waals surface area contributed by atoms with Crippen LogP contribution in [0.1, 0.15) is 10.4 Å². The quantitative estimate of drug-likeness (QED) is 0.605. The summed E-state index contributed by atoms with van der Waals surface area (Å²) in [6.07, 6.45) is 0. The maximum absolute atomic E-state index is 12.5. The third kappa shape index (κ3) is 5.25. The van der Waals surface area contributed by atoms with Crippen molar-refractivity contribution in [2.45, 2.75) is 4.90 Å². The van der Waals surface area contributed by atoms with Gasteiger partial charge in [-0.1, -0.05) is 11.6 Å². The summed E-state index contributed by atoms with van der Waals surface area (Å²) < 4.78 is 42.9. The number of ether oxygens (including phenoxy) is 3. The van der Waals surface area contributed by atoms with Gasteiger partial charge < -0.3 is 19.3 Å². The fraction of sp³-hybridized carbons (Fsp3) is 0.235. The van der Waals surface area contributed by atoms with Crippen LogP contribution >= 0.6 is 11.6 Å². The van der Waals surface area contributed by atoms with Crippen molar-refractivity contribution in [3.8, 4) is 17.2 Å². The second kappa shape index (κ2) is 8.94. The van der Waals surface area contributed by atoms with Crippen LogP contribution in [0, 0.1) is 0 Å². The van der Waals surface area contributed by atoms with Crippen molar-refractivity contribution in [1.82, 2.24) is 4.72 Å². The number of methoxy groups -OCH3 is 2. The minimum Gasteiger partial charge on any atom is -0.495 e. The number of hydrogen-bond donors (Lipinski definition) is 2. The molecule has 0 spiro atoms. The number of sulfonamides is 1. The van der Waals surface area contributed by atoms with E-state index in [1.54, 1.807) is 0 Å². The zero-order valence-electron chi connectivity index (χ0n) is 14.6. The van der Waals surface area contributed by atoms with Crippen molar-refractivity contribution in [2.24, 2.45) is 0 Å². The average Bonchev–Trinajstić information content (AvgIpc) is 2.65. The van der Waals surface area contributed by atoms with E-state index in [1.165, 1.54) is 50.6 Å². The van der Waals surface area contributed by atoms with Gasteiger partial charge in [0.1, 0.15) is 28.8 Å². The fourth-order valence-corrected chi connectivity index (χ4v) is 3.57. The van der Waals surface area contributed by atoms with Crippen LogP contribution < -0.4 is 18.9 Å². The number of hydrogen-bond acceptors (Lipinski definition) is 6. The predicted octanol–water partition coefficient (Wildman–Crippen LogP) is 2.41. The molecule has 0 heterocycles. The minimum atomic E-state index is -3.90. The minimum absolute atomic E-state index is 0.0168. The van der Waals surface area contributed by atoms with Crippen LogP contribution in [0.15, 0.2) is 41.3 Å². The Labute approximate surface area is 161 Å². The Kier molecular flexibility index (Phi) is 6.89. The maximum atomic E-state index is 12.5. The Morgan fingerprint density at radius 3 is 2.30 bits per heavy atom. The normalized spacial score (nSPS) is 11.1. The van der Waals surface area contributed by atoms with Crippen molar-refractivity contribution in [3.63, 3.8) is 0 Å². The molecule has 146 valence electrons. The highest BCUT2D eigenvalue weighted by molar-refractivity contribution is 7.89. The first kappa shape index (κ1) is 20.8. The lowest BCUT2D eigenvalue weighted by Crippen LogP contribution is -2.28. The molecular weight excluding hydrogens is 398 g/mol. The van der Waals surface area contributed by atoms with Crippen molar-refractivity contribution in [1.29, 1.82) is 0 Å². The fourth-order valence-electron chi connectivity index (χ4n) is 2.16. The van der Waals surface area contributed by atoms with Gasteiger partial charge in [0.2, 0.25) is 10.0 Å². The Bertz CT molecular complexity index is 914. The standard InChI is InChI=1S/C17H18ClNO7S/c1-24-14-10-16(15(25-2)9-13(14)18)27(22,23)19-7-8-26-12-5-3-11(4-6-12)17(20)21/h3-6,9-10,19H,7-8H2,1-2H3,(H,20,21). The Morgan fingerprint density at radius 2 is 1.74 bits per heavy atom. The molecule has 0 saturated heterocycles. The van der Waals surface area contributed by atoms with Gasteiger partial charge in [-0.05, 0) is 24.3 Å². The predicted molar refractivity (Wildman–Crippen MR) is 98.6 cm³/mol. The van der Waals surface area contributed by atoms with E-state index in [2.05, 4.69) is 4.72 Å². The van der Waals surface area contributed by atoms with Crippen LogP contribution in [-0.2, 0) is 10.0 Å². The Morgan fingerprint density at radius 1 is 1.11 bits per heavy atom. The zero-order valence-corrected chi connectivity index (χ0v) is 16.1. The number of carboxylic acid groups (broad SMARTS) is 1. The average molecular weight is 416 g/mol. The summed E-state index contributed by atoms with van der Waals surface area (Å²) >= 11 is 5.98. The first-order valence-corrected chi connectivity index (χ1v) is 9.52. The third-order valence-electron chi connectivity index (χ3n) is 3.49. The summed E-state index contributed by atoms with van der Waals surface area (Å²) in [4.78, 5) is 10.7. The van der Waals surface area contributed by atoms with E-state index in [9.17, 15) is 13.2 Å². The zero-order chi connectivity index (χ0) is 20.0. The first-order valence-electron chi connectivity index (χ1n) is 7.66. The van der Waals surface area contributed by atoms with Crippen LogP contribution in [0.4, 0.5) is 0 Å². The van der Waals surface area contributed by atoms with Gasteiger partial charge in [-0.2, -0.15) is 0 Å². The number of nitrogens with one attached hydrogen (secondary N) is 1. The molecule has 0 fully saturated rings. The van der Waals surface area contributed by atoms with Crippen LogP contribution in [0.25, 0.3) is 0 Å². The lowest BCUT2D eigenvalue weighted by atomic mass is 10.2. The Hall–Kier alpha value is -2.49. The molecule has 2 aromatic rings. The number of rotatable bonds is 9. The van der Waals surface area contributed by atoms with Crippen LogP contribution in [0.5, 0.6) is 17.2 Å². The van der Waals surface area contributed by atoms with Crippen molar-refractivity contribution < 1.29 is 32.5 Å². The lowest BCUT2D eigenvalue weighted by Gasteiger charge is -2.13. The van der Waals surface area contributed by atoms with Gasteiger partial charge in [0, 0.05) is 18.7 Å². The molecule has 0 amide bonds. The molecule has 0 atom stereocenters. The number of carbonyl (C=O) groups is 1. The Balaban J connectivity index is 2.01. The van der Waals surface area contributed by atoms with Gasteiger partial charge >= 0.3 is 5.97 Å².